The van der Waals surface area contributed by atoms with Gasteiger partial charge in [-0.1, -0.05) is 32.4 Å². The van der Waals surface area contributed by atoms with Crippen LogP contribution in [0.5, 0.6) is 0 Å². The molecule has 0 aromatic carbocycles. The van der Waals surface area contributed by atoms with Crippen molar-refractivity contribution in [2.75, 3.05) is 0 Å². The van der Waals surface area contributed by atoms with E-state index in [4.69, 9.17) is 0 Å². The molecule has 4 aliphatic carbocycles. The zero-order valence-electron chi connectivity index (χ0n) is 16.0. The molecule has 4 rings (SSSR count). The third kappa shape index (κ3) is 2.21. The van der Waals surface area contributed by atoms with Gasteiger partial charge in [0.05, 0.1) is 12.2 Å². The van der Waals surface area contributed by atoms with Gasteiger partial charge in [-0.3, -0.25) is 0 Å². The molecule has 0 spiro atoms. The summed E-state index contributed by atoms with van der Waals surface area (Å²) in [4.78, 5) is 0. The predicted molar refractivity (Wildman–Crippen MR) is 97.4 cm³/mol. The molecule has 0 aromatic heterocycles. The molecule has 0 saturated heterocycles. The summed E-state index contributed by atoms with van der Waals surface area (Å²) in [6.07, 6.45) is 10.3. The van der Waals surface area contributed by atoms with Crippen LogP contribution in [0.15, 0.2) is 11.6 Å². The van der Waals surface area contributed by atoms with Crippen LogP contribution < -0.4 is 0 Å². The average Bonchev–Trinajstić information content (AvgIpc) is 2.84. The normalized spacial score (nSPS) is 55.2. The van der Waals surface area contributed by atoms with Gasteiger partial charge in [0.2, 0.25) is 0 Å². The summed E-state index contributed by atoms with van der Waals surface area (Å²) >= 11 is 0. The van der Waals surface area contributed by atoms with Crippen LogP contribution in [0.25, 0.3) is 0 Å². The molecule has 24 heavy (non-hydrogen) atoms. The molecule has 0 aliphatic heterocycles. The van der Waals surface area contributed by atoms with Gasteiger partial charge in [0, 0.05) is 0 Å². The Morgan fingerprint density at radius 3 is 2.67 bits per heavy atom. The van der Waals surface area contributed by atoms with Crippen LogP contribution in [0.4, 0.5) is 0 Å². The average molecular weight is 333 g/mol. The van der Waals surface area contributed by atoms with E-state index >= 15 is 0 Å². The molecular weight excluding hydrogens is 296 g/mol. The van der Waals surface area contributed by atoms with Gasteiger partial charge in [-0.25, -0.2) is 0 Å². The van der Waals surface area contributed by atoms with Crippen molar-refractivity contribution in [1.29, 1.82) is 0 Å². The molecule has 2 nitrogen and oxygen atoms in total. The summed E-state index contributed by atoms with van der Waals surface area (Å²) in [5.41, 5.74) is 2.19. The molecule has 0 bridgehead atoms. The summed E-state index contributed by atoms with van der Waals surface area (Å²) in [6.45, 7) is 9.48. The Labute approximate surface area is 147 Å². The van der Waals surface area contributed by atoms with E-state index in [2.05, 4.69) is 26.8 Å². The summed E-state index contributed by atoms with van der Waals surface area (Å²) in [5, 5.41) is 20.5. The maximum absolute atomic E-state index is 10.4. The van der Waals surface area contributed by atoms with Gasteiger partial charge in [-0.15, -0.1) is 0 Å². The molecule has 9 atom stereocenters. The number of aliphatic hydroxyl groups excluding tert-OH is 2. The number of rotatable bonds is 1. The lowest BCUT2D eigenvalue weighted by atomic mass is 9.44. The van der Waals surface area contributed by atoms with E-state index in [9.17, 15) is 10.2 Å². The second kappa shape index (κ2) is 5.58. The van der Waals surface area contributed by atoms with Gasteiger partial charge >= 0.3 is 0 Å². The molecule has 3 unspecified atom stereocenters. The van der Waals surface area contributed by atoms with Crippen molar-refractivity contribution >= 4 is 0 Å². The predicted octanol–water partition coefficient (Wildman–Crippen LogP) is 4.55. The van der Waals surface area contributed by atoms with E-state index < -0.39 is 0 Å². The second-order valence-corrected chi connectivity index (χ2v) is 10.2. The maximum Gasteiger partial charge on any atom is 0.0577 e. The molecule has 0 heterocycles. The lowest BCUT2D eigenvalue weighted by Crippen LogP contribution is -2.54. The van der Waals surface area contributed by atoms with Crippen molar-refractivity contribution in [3.8, 4) is 0 Å². The van der Waals surface area contributed by atoms with Crippen molar-refractivity contribution in [3.05, 3.63) is 11.6 Å². The first-order valence-electron chi connectivity index (χ1n) is 10.3. The molecule has 3 saturated carbocycles. The minimum atomic E-state index is -0.168. The highest BCUT2D eigenvalue weighted by Gasteiger charge is 2.61. The van der Waals surface area contributed by atoms with Crippen LogP contribution in [0.1, 0.15) is 72.6 Å². The van der Waals surface area contributed by atoms with E-state index in [1.165, 1.54) is 25.7 Å². The van der Waals surface area contributed by atoms with Gasteiger partial charge in [-0.05, 0) is 92.3 Å². The fourth-order valence-electron chi connectivity index (χ4n) is 8.19. The van der Waals surface area contributed by atoms with Gasteiger partial charge < -0.3 is 10.2 Å². The Bertz CT molecular complexity index is 538. The highest BCUT2D eigenvalue weighted by molar-refractivity contribution is 5.26. The van der Waals surface area contributed by atoms with Crippen LogP contribution in [-0.4, -0.2) is 22.4 Å². The molecule has 3 fully saturated rings. The fourth-order valence-corrected chi connectivity index (χ4v) is 8.19. The van der Waals surface area contributed by atoms with E-state index in [0.717, 1.165) is 42.9 Å². The minimum absolute atomic E-state index is 0.115. The van der Waals surface area contributed by atoms with Crippen LogP contribution in [-0.2, 0) is 0 Å². The van der Waals surface area contributed by atoms with Gasteiger partial charge in [0.1, 0.15) is 0 Å². The third-order valence-electron chi connectivity index (χ3n) is 8.98. The summed E-state index contributed by atoms with van der Waals surface area (Å²) < 4.78 is 0. The second-order valence-electron chi connectivity index (χ2n) is 10.2. The Hall–Kier alpha value is -0.340. The molecule has 0 amide bonds. The lowest BCUT2D eigenvalue weighted by Gasteiger charge is -2.60. The summed E-state index contributed by atoms with van der Waals surface area (Å²) in [7, 11) is 0. The smallest absolute Gasteiger partial charge is 0.0577 e. The monoisotopic (exact) mass is 332 g/mol. The quantitative estimate of drug-likeness (QED) is 0.691. The highest BCUT2D eigenvalue weighted by atomic mass is 16.3. The van der Waals surface area contributed by atoms with Crippen LogP contribution >= 0.6 is 0 Å². The Morgan fingerprint density at radius 2 is 1.96 bits per heavy atom. The van der Waals surface area contributed by atoms with E-state index in [0.29, 0.717) is 16.7 Å². The number of hydrogen-bond donors (Lipinski definition) is 2. The molecule has 2 heteroatoms. The number of hydrogen-bond acceptors (Lipinski definition) is 2. The zero-order valence-corrected chi connectivity index (χ0v) is 16.0. The SMILES string of the molecule is CC(O)[C@H]1CC[C@H]2[C@@H]3CC=C4CC(O)CC[C@]4(C)[C@H]3C(C)C[C@]12C. The van der Waals surface area contributed by atoms with Crippen molar-refractivity contribution in [1.82, 2.24) is 0 Å². The fraction of sp³-hybridized carbons (Fsp3) is 0.909. The van der Waals surface area contributed by atoms with Gasteiger partial charge in [0.25, 0.3) is 0 Å². The molecule has 4 aliphatic rings. The summed E-state index contributed by atoms with van der Waals surface area (Å²) in [6, 6.07) is 0. The van der Waals surface area contributed by atoms with Crippen LogP contribution in [0, 0.1) is 40.4 Å². The lowest BCUT2D eigenvalue weighted by molar-refractivity contribution is -0.0964. The Kier molecular flexibility index (Phi) is 3.97. The first kappa shape index (κ1) is 17.1. The van der Waals surface area contributed by atoms with Crippen LogP contribution in [0.2, 0.25) is 0 Å². The topological polar surface area (TPSA) is 40.5 Å². The molecular formula is C22H36O2. The van der Waals surface area contributed by atoms with Gasteiger partial charge in [0.15, 0.2) is 0 Å². The van der Waals surface area contributed by atoms with Crippen molar-refractivity contribution in [2.45, 2.75) is 84.8 Å². The first-order valence-corrected chi connectivity index (χ1v) is 10.3. The number of aliphatic hydroxyl groups is 2. The number of fused-ring (bicyclic) bond motifs is 5. The van der Waals surface area contributed by atoms with E-state index in [-0.39, 0.29) is 12.2 Å². The largest absolute Gasteiger partial charge is 0.393 e. The molecule has 136 valence electrons. The minimum Gasteiger partial charge on any atom is -0.393 e. The first-order chi connectivity index (χ1) is 11.3. The third-order valence-corrected chi connectivity index (χ3v) is 8.98. The maximum atomic E-state index is 10.4. The zero-order chi connectivity index (χ0) is 17.3. The van der Waals surface area contributed by atoms with E-state index in [1.807, 2.05) is 6.92 Å². The number of allylic oxidation sites excluding steroid dienone is 1. The van der Waals surface area contributed by atoms with Crippen molar-refractivity contribution in [2.24, 2.45) is 40.4 Å². The van der Waals surface area contributed by atoms with Crippen LogP contribution in [0.3, 0.4) is 0 Å². The Balaban J connectivity index is 1.70. The molecule has 0 radical (unpaired) electrons. The summed E-state index contributed by atoms with van der Waals surface area (Å²) in [5.74, 6) is 3.54. The molecule has 0 aromatic rings. The van der Waals surface area contributed by atoms with Gasteiger partial charge in [-0.2, -0.15) is 0 Å². The molecule has 2 N–H and O–H groups in total. The van der Waals surface area contributed by atoms with E-state index in [1.54, 1.807) is 5.57 Å². The Morgan fingerprint density at radius 1 is 1.21 bits per heavy atom. The highest BCUT2D eigenvalue weighted by Crippen LogP contribution is 2.68. The standard InChI is InChI=1S/C22H36O2/c1-13-12-22(4)18(14(2)23)7-8-19(22)17-6-5-15-11-16(24)9-10-21(15,3)20(13)17/h5,13-14,16-20,23-24H,6-12H2,1-4H3/t13?,14?,16?,17-,18+,19-,20-,21-,22+/m0/s1. The van der Waals surface area contributed by atoms with Crippen molar-refractivity contribution < 1.29 is 10.2 Å². The van der Waals surface area contributed by atoms with Crippen molar-refractivity contribution in [3.63, 3.8) is 0 Å².